The van der Waals surface area contributed by atoms with Crippen LogP contribution in [0.15, 0.2) is 36.4 Å². The van der Waals surface area contributed by atoms with Gasteiger partial charge in [0.05, 0.1) is 6.10 Å². The minimum atomic E-state index is -0.345. The smallest absolute Gasteiger partial charge is 0.124 e. The summed E-state index contributed by atoms with van der Waals surface area (Å²) < 4.78 is 5.93. The van der Waals surface area contributed by atoms with Gasteiger partial charge in [0.2, 0.25) is 0 Å². The molecule has 0 aliphatic heterocycles. The predicted molar refractivity (Wildman–Crippen MR) is 109 cm³/mol. The molecular formula is C19H23Cl3N2O2. The fourth-order valence-electron chi connectivity index (χ4n) is 2.33. The van der Waals surface area contributed by atoms with Crippen LogP contribution in [0.25, 0.3) is 0 Å². The van der Waals surface area contributed by atoms with E-state index in [1.54, 1.807) is 25.1 Å². The third-order valence-corrected chi connectivity index (χ3v) is 4.48. The van der Waals surface area contributed by atoms with Crippen LogP contribution in [0.2, 0.25) is 15.1 Å². The van der Waals surface area contributed by atoms with E-state index in [0.717, 1.165) is 30.0 Å². The normalized spacial score (nSPS) is 12.2. The first kappa shape index (κ1) is 21.3. The van der Waals surface area contributed by atoms with E-state index < -0.39 is 0 Å². The van der Waals surface area contributed by atoms with Crippen molar-refractivity contribution >= 4 is 34.8 Å². The summed E-state index contributed by atoms with van der Waals surface area (Å²) in [6, 6.07) is 10.9. The Kier molecular flexibility index (Phi) is 8.99. The van der Waals surface area contributed by atoms with Crippen LogP contribution in [0.4, 0.5) is 0 Å². The van der Waals surface area contributed by atoms with Gasteiger partial charge in [0.25, 0.3) is 0 Å². The topological polar surface area (TPSA) is 53.5 Å². The first-order valence-corrected chi connectivity index (χ1v) is 9.53. The molecule has 0 spiro atoms. The minimum absolute atomic E-state index is 0.345. The molecule has 142 valence electrons. The molecule has 0 amide bonds. The number of halogens is 3. The summed E-state index contributed by atoms with van der Waals surface area (Å²) in [7, 11) is 0. The van der Waals surface area contributed by atoms with Crippen LogP contribution in [0.3, 0.4) is 0 Å². The van der Waals surface area contributed by atoms with Crippen LogP contribution in [0, 0.1) is 0 Å². The Bertz CT molecular complexity index is 711. The van der Waals surface area contributed by atoms with Crippen LogP contribution in [-0.4, -0.2) is 30.8 Å². The van der Waals surface area contributed by atoms with Gasteiger partial charge in [-0.3, -0.25) is 0 Å². The average molecular weight is 418 g/mol. The molecule has 0 saturated carbocycles. The molecule has 0 heterocycles. The van der Waals surface area contributed by atoms with E-state index in [0.29, 0.717) is 34.8 Å². The number of rotatable bonds is 10. The SMILES string of the molecule is CC(O)CNCCNCc1cc(Cl)ccc1OCc1ccc(Cl)cc1Cl. The number of benzene rings is 2. The van der Waals surface area contributed by atoms with E-state index >= 15 is 0 Å². The molecule has 3 N–H and O–H groups in total. The second-order valence-corrected chi connectivity index (χ2v) is 7.29. The summed E-state index contributed by atoms with van der Waals surface area (Å²) in [6.07, 6.45) is -0.345. The predicted octanol–water partition coefficient (Wildman–Crippen LogP) is 4.29. The highest BCUT2D eigenvalue weighted by Crippen LogP contribution is 2.26. The number of hydrogen-bond acceptors (Lipinski definition) is 4. The number of ether oxygens (including phenoxy) is 1. The average Bonchev–Trinajstić information content (AvgIpc) is 2.58. The van der Waals surface area contributed by atoms with Gasteiger partial charge in [0.1, 0.15) is 12.4 Å². The Hall–Kier alpha value is -1.01. The first-order chi connectivity index (χ1) is 12.5. The molecule has 2 rings (SSSR count). The van der Waals surface area contributed by atoms with Crippen molar-refractivity contribution in [3.05, 3.63) is 62.6 Å². The van der Waals surface area contributed by atoms with E-state index in [2.05, 4.69) is 10.6 Å². The van der Waals surface area contributed by atoms with Crippen LogP contribution in [-0.2, 0) is 13.2 Å². The molecule has 0 bridgehead atoms. The Morgan fingerprint density at radius 3 is 2.38 bits per heavy atom. The Balaban J connectivity index is 1.90. The summed E-state index contributed by atoms with van der Waals surface area (Å²) in [5, 5.41) is 17.5. The number of nitrogens with one attached hydrogen (secondary N) is 2. The molecule has 0 radical (unpaired) electrons. The van der Waals surface area contributed by atoms with Crippen molar-refractivity contribution < 1.29 is 9.84 Å². The summed E-state index contributed by atoms with van der Waals surface area (Å²) in [5.74, 6) is 0.754. The summed E-state index contributed by atoms with van der Waals surface area (Å²) >= 11 is 18.2. The number of aliphatic hydroxyl groups excluding tert-OH is 1. The molecular weight excluding hydrogens is 395 g/mol. The molecule has 7 heteroatoms. The fourth-order valence-corrected chi connectivity index (χ4v) is 2.99. The highest BCUT2D eigenvalue weighted by molar-refractivity contribution is 6.35. The molecule has 1 unspecified atom stereocenters. The van der Waals surface area contributed by atoms with E-state index in [1.165, 1.54) is 0 Å². The third-order valence-electron chi connectivity index (χ3n) is 3.65. The maximum atomic E-state index is 9.21. The Morgan fingerprint density at radius 1 is 0.962 bits per heavy atom. The standard InChI is InChI=1S/C19H23Cl3N2O2/c1-13(25)10-23-6-7-24-11-15-8-16(20)4-5-19(15)26-12-14-2-3-17(21)9-18(14)22/h2-5,8-9,13,23-25H,6-7,10-12H2,1H3. The van der Waals surface area contributed by atoms with Crippen LogP contribution >= 0.6 is 34.8 Å². The van der Waals surface area contributed by atoms with E-state index in [-0.39, 0.29) is 6.10 Å². The van der Waals surface area contributed by atoms with E-state index in [1.807, 2.05) is 18.2 Å². The molecule has 2 aromatic rings. The lowest BCUT2D eigenvalue weighted by Crippen LogP contribution is -2.31. The highest BCUT2D eigenvalue weighted by atomic mass is 35.5. The second kappa shape index (κ2) is 11.0. The lowest BCUT2D eigenvalue weighted by atomic mass is 10.2. The highest BCUT2D eigenvalue weighted by Gasteiger charge is 2.07. The lowest BCUT2D eigenvalue weighted by Gasteiger charge is -2.14. The Labute approximate surface area is 169 Å². The molecule has 0 fully saturated rings. The van der Waals surface area contributed by atoms with Crippen molar-refractivity contribution in [2.45, 2.75) is 26.2 Å². The zero-order valence-corrected chi connectivity index (χ0v) is 16.8. The van der Waals surface area contributed by atoms with Gasteiger partial charge in [-0.2, -0.15) is 0 Å². The monoisotopic (exact) mass is 416 g/mol. The first-order valence-electron chi connectivity index (χ1n) is 8.40. The molecule has 4 nitrogen and oxygen atoms in total. The molecule has 0 saturated heterocycles. The Morgan fingerprint density at radius 2 is 1.65 bits per heavy atom. The van der Waals surface area contributed by atoms with Gasteiger partial charge in [-0.15, -0.1) is 0 Å². The minimum Gasteiger partial charge on any atom is -0.489 e. The van der Waals surface area contributed by atoms with Crippen molar-refractivity contribution in [1.82, 2.24) is 10.6 Å². The van der Waals surface area contributed by atoms with Gasteiger partial charge in [-0.05, 0) is 37.3 Å². The van der Waals surface area contributed by atoms with Crippen molar-refractivity contribution in [2.75, 3.05) is 19.6 Å². The zero-order chi connectivity index (χ0) is 18.9. The summed E-state index contributed by atoms with van der Waals surface area (Å²) in [5.41, 5.74) is 1.84. The van der Waals surface area contributed by atoms with Gasteiger partial charge in [-0.25, -0.2) is 0 Å². The molecule has 0 aliphatic carbocycles. The van der Waals surface area contributed by atoms with Gasteiger partial charge in [-0.1, -0.05) is 40.9 Å². The molecule has 1 atom stereocenters. The zero-order valence-electron chi connectivity index (χ0n) is 14.6. The van der Waals surface area contributed by atoms with Gasteiger partial charge in [0, 0.05) is 52.4 Å². The molecule has 0 aliphatic rings. The third kappa shape index (κ3) is 7.31. The van der Waals surface area contributed by atoms with Crippen molar-refractivity contribution in [3.8, 4) is 5.75 Å². The number of hydrogen-bond donors (Lipinski definition) is 3. The van der Waals surface area contributed by atoms with Crippen molar-refractivity contribution in [3.63, 3.8) is 0 Å². The summed E-state index contributed by atoms with van der Waals surface area (Å²) in [4.78, 5) is 0. The summed E-state index contributed by atoms with van der Waals surface area (Å²) in [6.45, 7) is 4.84. The number of aliphatic hydroxyl groups is 1. The maximum absolute atomic E-state index is 9.21. The molecule has 0 aromatic heterocycles. The molecule has 2 aromatic carbocycles. The van der Waals surface area contributed by atoms with E-state index in [9.17, 15) is 5.11 Å². The van der Waals surface area contributed by atoms with Gasteiger partial charge < -0.3 is 20.5 Å². The van der Waals surface area contributed by atoms with Crippen LogP contribution in [0.1, 0.15) is 18.1 Å². The van der Waals surface area contributed by atoms with Gasteiger partial charge in [0.15, 0.2) is 0 Å². The fraction of sp³-hybridized carbons (Fsp3) is 0.368. The molecule has 26 heavy (non-hydrogen) atoms. The lowest BCUT2D eigenvalue weighted by molar-refractivity contribution is 0.191. The largest absolute Gasteiger partial charge is 0.489 e. The maximum Gasteiger partial charge on any atom is 0.124 e. The second-order valence-electron chi connectivity index (χ2n) is 6.01. The quantitative estimate of drug-likeness (QED) is 0.505. The van der Waals surface area contributed by atoms with Gasteiger partial charge >= 0.3 is 0 Å². The van der Waals surface area contributed by atoms with Crippen LogP contribution < -0.4 is 15.4 Å². The van der Waals surface area contributed by atoms with Crippen molar-refractivity contribution in [1.29, 1.82) is 0 Å². The van der Waals surface area contributed by atoms with Crippen molar-refractivity contribution in [2.24, 2.45) is 0 Å². The van der Waals surface area contributed by atoms with E-state index in [4.69, 9.17) is 39.5 Å². The van der Waals surface area contributed by atoms with Crippen LogP contribution in [0.5, 0.6) is 5.75 Å².